The van der Waals surface area contributed by atoms with Crippen LogP contribution in [0.2, 0.25) is 0 Å². The Balaban J connectivity index is 1.48. The second-order valence-corrected chi connectivity index (χ2v) is 8.09. The summed E-state index contributed by atoms with van der Waals surface area (Å²) in [7, 11) is 0. The lowest BCUT2D eigenvalue weighted by Gasteiger charge is -2.17. The van der Waals surface area contributed by atoms with Crippen molar-refractivity contribution in [1.29, 1.82) is 0 Å². The van der Waals surface area contributed by atoms with Gasteiger partial charge in [0, 0.05) is 48.0 Å². The Labute approximate surface area is 208 Å². The number of aromatic nitrogens is 3. The highest BCUT2D eigenvalue weighted by Crippen LogP contribution is 2.35. The number of alkyl halides is 3. The monoisotopic (exact) mass is 518 g/mol. The van der Waals surface area contributed by atoms with Crippen LogP contribution in [0.15, 0.2) is 61.1 Å². The second kappa shape index (κ2) is 11.1. The Kier molecular flexibility index (Phi) is 7.75. The molecular weight excluding hydrogens is 496 g/mol. The fraction of sp³-hybridized carbons (Fsp3) is 0.240. The van der Waals surface area contributed by atoms with Gasteiger partial charge in [0.05, 0.1) is 13.0 Å². The number of carbonyl (C=O) groups excluding carboxylic acids is 2. The minimum atomic E-state index is -5.30. The van der Waals surface area contributed by atoms with Gasteiger partial charge in [-0.1, -0.05) is 12.1 Å². The van der Waals surface area contributed by atoms with E-state index >= 15 is 0 Å². The zero-order valence-corrected chi connectivity index (χ0v) is 19.3. The molecule has 0 amide bonds. The van der Waals surface area contributed by atoms with Crippen LogP contribution in [0, 0.1) is 5.82 Å². The van der Waals surface area contributed by atoms with Crippen LogP contribution < -0.4 is 10.1 Å². The van der Waals surface area contributed by atoms with Crippen molar-refractivity contribution in [1.82, 2.24) is 15.0 Å². The number of benzene rings is 2. The van der Waals surface area contributed by atoms with Crippen molar-refractivity contribution in [3.8, 4) is 5.75 Å². The number of carbonyl (C=O) groups is 2. The number of anilines is 1. The fourth-order valence-electron chi connectivity index (χ4n) is 3.81. The molecule has 2 heterocycles. The van der Waals surface area contributed by atoms with Gasteiger partial charge < -0.3 is 24.8 Å². The molecule has 1 atom stereocenters. The lowest BCUT2D eigenvalue weighted by molar-refractivity contribution is -0.201. The number of fused-ring (bicyclic) bond motifs is 1. The molecule has 0 saturated heterocycles. The van der Waals surface area contributed by atoms with Crippen LogP contribution in [0.4, 0.5) is 23.5 Å². The lowest BCUT2D eigenvalue weighted by atomic mass is 9.88. The first kappa shape index (κ1) is 25.7. The molecule has 194 valence electrons. The van der Waals surface area contributed by atoms with Gasteiger partial charge in [0.1, 0.15) is 11.6 Å². The maximum atomic E-state index is 13.5. The first-order valence-corrected chi connectivity index (χ1v) is 11.2. The van der Waals surface area contributed by atoms with Gasteiger partial charge in [-0.2, -0.15) is 13.2 Å². The summed E-state index contributed by atoms with van der Waals surface area (Å²) >= 11 is 0. The van der Waals surface area contributed by atoms with E-state index < -0.39 is 36.3 Å². The first-order valence-electron chi connectivity index (χ1n) is 11.2. The molecule has 0 spiro atoms. The van der Waals surface area contributed by atoms with Crippen molar-refractivity contribution in [3.05, 3.63) is 78.0 Å². The van der Waals surface area contributed by atoms with E-state index in [9.17, 15) is 27.2 Å². The fourth-order valence-corrected chi connectivity index (χ4v) is 3.81. The molecule has 2 aromatic carbocycles. The summed E-state index contributed by atoms with van der Waals surface area (Å²) in [6.45, 7) is 1.08. The molecule has 0 fully saturated rings. The quantitative estimate of drug-likeness (QED) is 0.117. The highest BCUT2D eigenvalue weighted by molar-refractivity contribution is 5.90. The number of hydrogen-bond donors (Lipinski definition) is 3. The number of nitrogens with one attached hydrogen (secondary N) is 3. The van der Waals surface area contributed by atoms with E-state index in [4.69, 9.17) is 4.74 Å². The normalized spacial score (nSPS) is 12.3. The van der Waals surface area contributed by atoms with Gasteiger partial charge in [-0.25, -0.2) is 14.2 Å². The number of esters is 2. The van der Waals surface area contributed by atoms with E-state index in [1.54, 1.807) is 36.8 Å². The standard InChI is InChI=1S/C25H22F4N4O4/c26-16-4-2-15(3-5-16)19(13-22(34)37-23(35)25(27,28)29)20-14-33-21-12-17(6-7-18(20)21)36-11-1-8-30-24-31-9-10-32-24/h2-7,9-10,12,14,19,33H,1,8,11,13H2,(H2,30,31,32). The number of rotatable bonds is 10. The third-order valence-corrected chi connectivity index (χ3v) is 5.52. The van der Waals surface area contributed by atoms with Crippen molar-refractivity contribution in [2.75, 3.05) is 18.5 Å². The maximum absolute atomic E-state index is 13.5. The van der Waals surface area contributed by atoms with E-state index in [2.05, 4.69) is 25.0 Å². The molecule has 12 heteroatoms. The van der Waals surface area contributed by atoms with Crippen LogP contribution in [-0.2, 0) is 14.3 Å². The molecule has 8 nitrogen and oxygen atoms in total. The molecular formula is C25H22F4N4O4. The zero-order chi connectivity index (χ0) is 26.4. The number of imidazole rings is 1. The predicted octanol–water partition coefficient (Wildman–Crippen LogP) is 5.07. The van der Waals surface area contributed by atoms with Gasteiger partial charge in [0.25, 0.3) is 0 Å². The molecule has 0 radical (unpaired) electrons. The lowest BCUT2D eigenvalue weighted by Crippen LogP contribution is -2.28. The third-order valence-electron chi connectivity index (χ3n) is 5.52. The SMILES string of the molecule is O=C(CC(c1ccc(F)cc1)c1c[nH]c2cc(OCCCNc3ncc[nH]3)ccc12)OC(=O)C(F)(F)F. The summed E-state index contributed by atoms with van der Waals surface area (Å²) in [5.74, 6) is -4.00. The van der Waals surface area contributed by atoms with E-state index in [1.165, 1.54) is 24.3 Å². The van der Waals surface area contributed by atoms with Crippen molar-refractivity contribution >= 4 is 28.8 Å². The Bertz CT molecular complexity index is 1350. The van der Waals surface area contributed by atoms with Gasteiger partial charge in [-0.05, 0) is 41.8 Å². The number of aromatic amines is 2. The Morgan fingerprint density at radius 3 is 2.57 bits per heavy atom. The van der Waals surface area contributed by atoms with Crippen LogP contribution >= 0.6 is 0 Å². The summed E-state index contributed by atoms with van der Waals surface area (Å²) in [4.78, 5) is 33.4. The van der Waals surface area contributed by atoms with Crippen molar-refractivity contribution in [2.24, 2.45) is 0 Å². The maximum Gasteiger partial charge on any atom is 0.491 e. The molecule has 0 saturated carbocycles. The van der Waals surface area contributed by atoms with Gasteiger partial charge in [0.15, 0.2) is 5.95 Å². The topological polar surface area (TPSA) is 109 Å². The Morgan fingerprint density at radius 2 is 1.86 bits per heavy atom. The first-order chi connectivity index (χ1) is 17.7. The molecule has 4 aromatic rings. The molecule has 0 aliphatic heterocycles. The molecule has 0 aliphatic carbocycles. The summed E-state index contributed by atoms with van der Waals surface area (Å²) in [5.41, 5.74) is 1.68. The smallest absolute Gasteiger partial charge is 0.491 e. The largest absolute Gasteiger partial charge is 0.493 e. The predicted molar refractivity (Wildman–Crippen MR) is 126 cm³/mol. The van der Waals surface area contributed by atoms with Crippen LogP contribution in [0.1, 0.15) is 29.9 Å². The molecule has 0 aliphatic rings. The molecule has 3 N–H and O–H groups in total. The van der Waals surface area contributed by atoms with Gasteiger partial charge in [0.2, 0.25) is 0 Å². The van der Waals surface area contributed by atoms with E-state index in [-0.39, 0.29) is 0 Å². The van der Waals surface area contributed by atoms with Crippen LogP contribution in [-0.4, -0.2) is 46.2 Å². The molecule has 4 rings (SSSR count). The molecule has 37 heavy (non-hydrogen) atoms. The summed E-state index contributed by atoms with van der Waals surface area (Å²) < 4.78 is 60.9. The molecule has 2 aromatic heterocycles. The summed E-state index contributed by atoms with van der Waals surface area (Å²) in [6.07, 6.45) is -0.197. The number of H-pyrrole nitrogens is 2. The minimum absolute atomic E-state index is 0.435. The zero-order valence-electron chi connectivity index (χ0n) is 19.3. The average Bonchev–Trinajstić information content (AvgIpc) is 3.52. The van der Waals surface area contributed by atoms with Gasteiger partial charge in [-0.15, -0.1) is 0 Å². The van der Waals surface area contributed by atoms with Crippen molar-refractivity contribution < 1.29 is 36.6 Å². The van der Waals surface area contributed by atoms with Crippen LogP contribution in [0.25, 0.3) is 10.9 Å². The second-order valence-electron chi connectivity index (χ2n) is 8.09. The van der Waals surface area contributed by atoms with Gasteiger partial charge in [-0.3, -0.25) is 4.79 Å². The Morgan fingerprint density at radius 1 is 1.08 bits per heavy atom. The summed E-state index contributed by atoms with van der Waals surface area (Å²) in [5, 5.41) is 3.79. The van der Waals surface area contributed by atoms with Crippen LogP contribution in [0.5, 0.6) is 5.75 Å². The van der Waals surface area contributed by atoms with E-state index in [1.807, 2.05) is 0 Å². The highest BCUT2D eigenvalue weighted by atomic mass is 19.4. The number of ether oxygens (including phenoxy) is 2. The number of halogens is 4. The van der Waals surface area contributed by atoms with Crippen LogP contribution in [0.3, 0.4) is 0 Å². The number of hydrogen-bond acceptors (Lipinski definition) is 6. The Hall–Kier alpha value is -4.35. The van der Waals surface area contributed by atoms with E-state index in [0.717, 1.165) is 0 Å². The van der Waals surface area contributed by atoms with Gasteiger partial charge >= 0.3 is 18.1 Å². The van der Waals surface area contributed by atoms with E-state index in [0.29, 0.717) is 53.3 Å². The average molecular weight is 518 g/mol. The van der Waals surface area contributed by atoms with Crippen molar-refractivity contribution in [2.45, 2.75) is 24.9 Å². The highest BCUT2D eigenvalue weighted by Gasteiger charge is 2.42. The summed E-state index contributed by atoms with van der Waals surface area (Å²) in [6, 6.07) is 10.4. The molecule has 1 unspecified atom stereocenters. The third kappa shape index (κ3) is 6.66. The number of nitrogens with zero attached hydrogens (tertiary/aromatic N) is 1. The minimum Gasteiger partial charge on any atom is -0.493 e. The van der Waals surface area contributed by atoms with Crippen molar-refractivity contribution in [3.63, 3.8) is 0 Å². The molecule has 0 bridgehead atoms.